The molecule has 0 bridgehead atoms. The first kappa shape index (κ1) is 14.9. The van der Waals surface area contributed by atoms with Crippen molar-refractivity contribution in [2.75, 3.05) is 11.9 Å². The lowest BCUT2D eigenvalue weighted by atomic mass is 10.4. The molecule has 0 fully saturated rings. The summed E-state index contributed by atoms with van der Waals surface area (Å²) in [5.74, 6) is 0.359. The summed E-state index contributed by atoms with van der Waals surface area (Å²) in [4.78, 5) is 8.43. The maximum atomic E-state index is 12.3. The highest BCUT2D eigenvalue weighted by Crippen LogP contribution is 2.18. The van der Waals surface area contributed by atoms with E-state index in [1.807, 2.05) is 19.2 Å². The Bertz CT molecular complexity index is 682. The third-order valence-electron chi connectivity index (χ3n) is 2.48. The monoisotopic (exact) mass is 312 g/mol. The number of anilines is 1. The minimum atomic E-state index is -3.61. The summed E-state index contributed by atoms with van der Waals surface area (Å²) >= 11 is 1.43. The summed E-state index contributed by atoms with van der Waals surface area (Å²) in [5.41, 5.74) is 0.888. The Hall–Kier alpha value is -1.51. The maximum Gasteiger partial charge on any atom is 0.244 e. The van der Waals surface area contributed by atoms with Crippen LogP contribution >= 0.6 is 11.3 Å². The molecule has 2 heterocycles. The van der Waals surface area contributed by atoms with Crippen molar-refractivity contribution in [2.24, 2.45) is 0 Å². The molecule has 2 N–H and O–H groups in total. The summed E-state index contributed by atoms with van der Waals surface area (Å²) < 4.78 is 27.1. The Morgan fingerprint density at radius 1 is 1.40 bits per heavy atom. The largest absolute Gasteiger partial charge is 0.369 e. The van der Waals surface area contributed by atoms with E-state index in [0.717, 1.165) is 10.7 Å². The second-order valence-electron chi connectivity index (χ2n) is 4.09. The Morgan fingerprint density at radius 2 is 2.20 bits per heavy atom. The van der Waals surface area contributed by atoms with Gasteiger partial charge in [0.2, 0.25) is 10.0 Å². The van der Waals surface area contributed by atoms with Crippen molar-refractivity contribution < 1.29 is 8.42 Å². The van der Waals surface area contributed by atoms with Crippen LogP contribution in [-0.2, 0) is 16.6 Å². The molecule has 0 spiro atoms. The lowest BCUT2D eigenvalue weighted by Crippen LogP contribution is -2.24. The van der Waals surface area contributed by atoms with E-state index < -0.39 is 10.0 Å². The highest BCUT2D eigenvalue weighted by Gasteiger charge is 2.19. The highest BCUT2D eigenvalue weighted by molar-refractivity contribution is 7.89. The molecule has 2 aromatic rings. The Kier molecular flexibility index (Phi) is 4.69. The first-order valence-corrected chi connectivity index (χ1v) is 8.49. The molecule has 0 aromatic carbocycles. The predicted molar refractivity (Wildman–Crippen MR) is 79.3 cm³/mol. The summed E-state index contributed by atoms with van der Waals surface area (Å²) in [7, 11) is -3.61. The number of nitrogens with zero attached hydrogens (tertiary/aromatic N) is 2. The fraction of sp³-hybridized carbons (Fsp3) is 0.333. The van der Waals surface area contributed by atoms with Crippen LogP contribution in [0.3, 0.4) is 0 Å². The van der Waals surface area contributed by atoms with E-state index in [1.54, 1.807) is 12.3 Å². The first-order valence-electron chi connectivity index (χ1n) is 6.12. The molecular weight excluding hydrogens is 296 g/mol. The zero-order chi connectivity index (χ0) is 14.6. The Labute approximate surface area is 122 Å². The van der Waals surface area contributed by atoms with E-state index in [1.165, 1.54) is 17.4 Å². The molecule has 0 aliphatic heterocycles. The number of thiazole rings is 1. The van der Waals surface area contributed by atoms with E-state index in [4.69, 9.17) is 0 Å². The number of aromatic nitrogens is 2. The van der Waals surface area contributed by atoms with Gasteiger partial charge in [-0.3, -0.25) is 0 Å². The number of pyridine rings is 1. The number of hydrogen-bond acceptors (Lipinski definition) is 6. The number of nitrogens with one attached hydrogen (secondary N) is 2. The molecule has 2 rings (SSSR count). The fourth-order valence-electron chi connectivity index (χ4n) is 1.63. The molecule has 0 atom stereocenters. The van der Waals surface area contributed by atoms with E-state index in [0.29, 0.717) is 12.4 Å². The van der Waals surface area contributed by atoms with Crippen molar-refractivity contribution in [1.82, 2.24) is 14.7 Å². The fourth-order valence-corrected chi connectivity index (χ4v) is 3.55. The van der Waals surface area contributed by atoms with Gasteiger partial charge in [0, 0.05) is 23.8 Å². The lowest BCUT2D eigenvalue weighted by Gasteiger charge is -2.10. The van der Waals surface area contributed by atoms with Gasteiger partial charge in [-0.25, -0.2) is 23.1 Å². The molecule has 0 aliphatic carbocycles. The number of sulfonamides is 1. The van der Waals surface area contributed by atoms with Crippen molar-refractivity contribution in [3.8, 4) is 0 Å². The van der Waals surface area contributed by atoms with Gasteiger partial charge in [-0.15, -0.1) is 11.3 Å². The summed E-state index contributed by atoms with van der Waals surface area (Å²) in [6.45, 7) is 4.54. The van der Waals surface area contributed by atoms with E-state index in [9.17, 15) is 8.42 Å². The van der Waals surface area contributed by atoms with Crippen LogP contribution in [0.25, 0.3) is 0 Å². The minimum absolute atomic E-state index is 0.148. The topological polar surface area (TPSA) is 84.0 Å². The van der Waals surface area contributed by atoms with Crippen LogP contribution in [0.4, 0.5) is 5.82 Å². The SMILES string of the molecule is CCNc1ncccc1S(=O)(=O)NCc1nc(C)cs1. The zero-order valence-corrected chi connectivity index (χ0v) is 12.9. The molecule has 0 saturated heterocycles. The molecule has 8 heteroatoms. The van der Waals surface area contributed by atoms with Crippen LogP contribution in [0.5, 0.6) is 0 Å². The second-order valence-corrected chi connectivity index (χ2v) is 6.77. The molecule has 20 heavy (non-hydrogen) atoms. The minimum Gasteiger partial charge on any atom is -0.369 e. The standard InChI is InChI=1S/C12H16N4O2S2/c1-3-13-12-10(5-4-6-14-12)20(17,18)15-7-11-16-9(2)8-19-11/h4-6,8,15H,3,7H2,1-2H3,(H,13,14). The second kappa shape index (κ2) is 6.29. The molecular formula is C12H16N4O2S2. The van der Waals surface area contributed by atoms with Crippen molar-refractivity contribution in [3.63, 3.8) is 0 Å². The van der Waals surface area contributed by atoms with Crippen LogP contribution in [0.1, 0.15) is 17.6 Å². The van der Waals surface area contributed by atoms with Gasteiger partial charge in [0.25, 0.3) is 0 Å². The summed E-state index contributed by atoms with van der Waals surface area (Å²) in [6, 6.07) is 3.13. The average molecular weight is 312 g/mol. The predicted octanol–water partition coefficient (Wildman–Crippen LogP) is 1.76. The number of hydrogen-bond donors (Lipinski definition) is 2. The third-order valence-corrected chi connectivity index (χ3v) is 4.88. The van der Waals surface area contributed by atoms with Crippen LogP contribution in [-0.4, -0.2) is 24.9 Å². The van der Waals surface area contributed by atoms with Crippen molar-refractivity contribution in [1.29, 1.82) is 0 Å². The van der Waals surface area contributed by atoms with Crippen LogP contribution in [0.2, 0.25) is 0 Å². The van der Waals surface area contributed by atoms with Gasteiger partial charge < -0.3 is 5.32 Å². The van der Waals surface area contributed by atoms with Crippen molar-refractivity contribution in [2.45, 2.75) is 25.3 Å². The van der Waals surface area contributed by atoms with Gasteiger partial charge in [-0.2, -0.15) is 0 Å². The highest BCUT2D eigenvalue weighted by atomic mass is 32.2. The van der Waals surface area contributed by atoms with E-state index in [-0.39, 0.29) is 11.4 Å². The Balaban J connectivity index is 2.18. The first-order chi connectivity index (χ1) is 9.53. The number of aryl methyl sites for hydroxylation is 1. The smallest absolute Gasteiger partial charge is 0.244 e. The quantitative estimate of drug-likeness (QED) is 0.849. The van der Waals surface area contributed by atoms with Gasteiger partial charge in [-0.1, -0.05) is 0 Å². The van der Waals surface area contributed by atoms with Crippen LogP contribution in [0, 0.1) is 6.92 Å². The van der Waals surface area contributed by atoms with Gasteiger partial charge in [0.05, 0.1) is 6.54 Å². The molecule has 108 valence electrons. The van der Waals surface area contributed by atoms with Crippen LogP contribution in [0.15, 0.2) is 28.6 Å². The van der Waals surface area contributed by atoms with Crippen LogP contribution < -0.4 is 10.0 Å². The zero-order valence-electron chi connectivity index (χ0n) is 11.3. The molecule has 6 nitrogen and oxygen atoms in total. The molecule has 0 radical (unpaired) electrons. The van der Waals surface area contributed by atoms with Gasteiger partial charge in [0.15, 0.2) is 0 Å². The lowest BCUT2D eigenvalue weighted by molar-refractivity contribution is 0.581. The van der Waals surface area contributed by atoms with Gasteiger partial charge in [-0.05, 0) is 26.0 Å². The molecule has 0 unspecified atom stereocenters. The molecule has 2 aromatic heterocycles. The van der Waals surface area contributed by atoms with Gasteiger partial charge in [0.1, 0.15) is 15.7 Å². The normalized spacial score (nSPS) is 11.5. The number of rotatable bonds is 6. The van der Waals surface area contributed by atoms with Crippen molar-refractivity contribution >= 4 is 27.2 Å². The molecule has 0 aliphatic rings. The molecule has 0 saturated carbocycles. The third kappa shape index (κ3) is 3.53. The van der Waals surface area contributed by atoms with Gasteiger partial charge >= 0.3 is 0 Å². The molecule has 0 amide bonds. The summed E-state index contributed by atoms with van der Waals surface area (Å²) in [6.07, 6.45) is 1.56. The van der Waals surface area contributed by atoms with E-state index in [2.05, 4.69) is 20.0 Å². The Morgan fingerprint density at radius 3 is 2.85 bits per heavy atom. The maximum absolute atomic E-state index is 12.3. The van der Waals surface area contributed by atoms with Crippen molar-refractivity contribution in [3.05, 3.63) is 34.4 Å². The average Bonchev–Trinajstić information content (AvgIpc) is 2.83. The van der Waals surface area contributed by atoms with E-state index >= 15 is 0 Å². The summed E-state index contributed by atoms with van der Waals surface area (Å²) in [5, 5.41) is 5.56.